The fourth-order valence-corrected chi connectivity index (χ4v) is 3.92. The van der Waals surface area contributed by atoms with Crippen molar-refractivity contribution in [2.75, 3.05) is 57.9 Å². The van der Waals surface area contributed by atoms with Gasteiger partial charge in [-0.3, -0.25) is 4.99 Å². The molecule has 1 fully saturated rings. The van der Waals surface area contributed by atoms with Gasteiger partial charge in [0.15, 0.2) is 5.96 Å². The van der Waals surface area contributed by atoms with Crippen molar-refractivity contribution in [2.24, 2.45) is 4.99 Å². The van der Waals surface area contributed by atoms with Crippen LogP contribution in [0.1, 0.15) is 27.7 Å². The second kappa shape index (κ2) is 13.4. The molecule has 1 unspecified atom stereocenters. The lowest BCUT2D eigenvalue weighted by Gasteiger charge is -2.36. The van der Waals surface area contributed by atoms with E-state index in [2.05, 4.69) is 28.4 Å². The number of halogens is 1. The van der Waals surface area contributed by atoms with Crippen molar-refractivity contribution in [1.82, 2.24) is 14.5 Å². The molecule has 1 atom stereocenters. The number of aliphatic imine (C=N–C) groups is 1. The predicted octanol–water partition coefficient (Wildman–Crippen LogP) is 1.69. The van der Waals surface area contributed by atoms with Gasteiger partial charge in [-0.2, -0.15) is 16.1 Å². The Morgan fingerprint density at radius 1 is 1.23 bits per heavy atom. The highest BCUT2D eigenvalue weighted by atomic mass is 127. The minimum Gasteiger partial charge on any atom is -0.378 e. The number of rotatable bonds is 9. The maximum atomic E-state index is 12.4. The van der Waals surface area contributed by atoms with E-state index < -0.39 is 10.0 Å². The van der Waals surface area contributed by atoms with Crippen LogP contribution in [0.5, 0.6) is 0 Å². The fraction of sp³-hybridized carbons (Fsp3) is 0.938. The largest absolute Gasteiger partial charge is 0.378 e. The third-order valence-electron chi connectivity index (χ3n) is 3.96. The number of sulfonamides is 1. The van der Waals surface area contributed by atoms with E-state index in [9.17, 15) is 8.42 Å². The van der Waals surface area contributed by atoms with E-state index >= 15 is 0 Å². The smallest absolute Gasteiger partial charge is 0.216 e. The molecule has 26 heavy (non-hydrogen) atoms. The minimum atomic E-state index is -3.25. The molecule has 0 amide bonds. The van der Waals surface area contributed by atoms with Crippen molar-refractivity contribution >= 4 is 51.7 Å². The van der Waals surface area contributed by atoms with Gasteiger partial charge >= 0.3 is 0 Å². The standard InChI is InChI=1S/C16H34N4O3S2.HI/c1-6-17-16(18-13-15(4)24-5)19-7-9-20(10-8-19)25(21,22)12-11-23-14(2)3;/h14-15H,6-13H2,1-5H3,(H,17,18);1H. The first-order chi connectivity index (χ1) is 11.8. The topological polar surface area (TPSA) is 74.2 Å². The molecule has 0 radical (unpaired) electrons. The Balaban J connectivity index is 0.00000625. The van der Waals surface area contributed by atoms with Gasteiger partial charge in [-0.25, -0.2) is 8.42 Å². The van der Waals surface area contributed by atoms with Crippen molar-refractivity contribution in [3.63, 3.8) is 0 Å². The second-order valence-corrected chi connectivity index (χ2v) is 9.73. The first-order valence-electron chi connectivity index (χ1n) is 8.95. The first kappa shape index (κ1) is 26.2. The SMILES string of the molecule is CCNC(=NCC(C)SC)N1CCN(S(=O)(=O)CCOC(C)C)CC1.I. The molecule has 0 spiro atoms. The van der Waals surface area contributed by atoms with Crippen molar-refractivity contribution < 1.29 is 13.2 Å². The van der Waals surface area contributed by atoms with Crippen molar-refractivity contribution in [1.29, 1.82) is 0 Å². The number of thioether (sulfide) groups is 1. The van der Waals surface area contributed by atoms with Crippen LogP contribution < -0.4 is 5.32 Å². The van der Waals surface area contributed by atoms with Gasteiger partial charge in [0.25, 0.3) is 0 Å². The number of nitrogens with one attached hydrogen (secondary N) is 1. The zero-order chi connectivity index (χ0) is 18.9. The Labute approximate surface area is 180 Å². The van der Waals surface area contributed by atoms with E-state index in [-0.39, 0.29) is 42.4 Å². The molecule has 156 valence electrons. The lowest BCUT2D eigenvalue weighted by molar-refractivity contribution is 0.0904. The highest BCUT2D eigenvalue weighted by molar-refractivity contribution is 14.0. The monoisotopic (exact) mass is 522 g/mol. The molecule has 10 heteroatoms. The molecule has 0 aromatic heterocycles. The number of guanidine groups is 1. The van der Waals surface area contributed by atoms with Crippen LogP contribution in [-0.2, 0) is 14.8 Å². The number of piperazine rings is 1. The molecule has 0 aromatic carbocycles. The van der Waals surface area contributed by atoms with Crippen LogP contribution in [0.15, 0.2) is 4.99 Å². The number of hydrogen-bond donors (Lipinski definition) is 1. The molecule has 7 nitrogen and oxygen atoms in total. The molecule has 1 N–H and O–H groups in total. The van der Waals surface area contributed by atoms with Crippen LogP contribution >= 0.6 is 35.7 Å². The summed E-state index contributed by atoms with van der Waals surface area (Å²) in [5, 5.41) is 3.78. The van der Waals surface area contributed by atoms with Gasteiger partial charge in [-0.05, 0) is 27.0 Å². The van der Waals surface area contributed by atoms with Gasteiger partial charge in [0, 0.05) is 38.0 Å². The maximum absolute atomic E-state index is 12.4. The Morgan fingerprint density at radius 3 is 2.35 bits per heavy atom. The molecule has 0 saturated carbocycles. The van der Waals surface area contributed by atoms with E-state index in [1.807, 2.05) is 20.8 Å². The zero-order valence-corrected chi connectivity index (χ0v) is 20.6. The van der Waals surface area contributed by atoms with Crippen molar-refractivity contribution in [3.8, 4) is 0 Å². The van der Waals surface area contributed by atoms with Crippen LogP contribution in [0.4, 0.5) is 0 Å². The van der Waals surface area contributed by atoms with E-state index in [1.54, 1.807) is 16.1 Å². The van der Waals surface area contributed by atoms with Crippen LogP contribution in [0.2, 0.25) is 0 Å². The lowest BCUT2D eigenvalue weighted by atomic mass is 10.4. The van der Waals surface area contributed by atoms with E-state index in [0.717, 1.165) is 19.0 Å². The molecule has 1 aliphatic rings. The summed E-state index contributed by atoms with van der Waals surface area (Å²) in [6, 6.07) is 0. The molecular weight excluding hydrogens is 487 g/mol. The van der Waals surface area contributed by atoms with E-state index in [4.69, 9.17) is 4.74 Å². The van der Waals surface area contributed by atoms with Crippen LogP contribution in [0.3, 0.4) is 0 Å². The third-order valence-corrected chi connectivity index (χ3v) is 6.75. The van der Waals surface area contributed by atoms with Crippen LogP contribution in [-0.4, -0.2) is 92.8 Å². The number of hydrogen-bond acceptors (Lipinski definition) is 5. The fourth-order valence-electron chi connectivity index (χ4n) is 2.41. The predicted molar refractivity (Wildman–Crippen MR) is 122 cm³/mol. The first-order valence-corrected chi connectivity index (χ1v) is 11.8. The Morgan fingerprint density at radius 2 is 1.85 bits per heavy atom. The van der Waals surface area contributed by atoms with Crippen molar-refractivity contribution in [2.45, 2.75) is 39.0 Å². The van der Waals surface area contributed by atoms with Crippen LogP contribution in [0, 0.1) is 0 Å². The third kappa shape index (κ3) is 9.43. The molecular formula is C16H35IN4O3S2. The Kier molecular flexibility index (Phi) is 13.5. The van der Waals surface area contributed by atoms with Gasteiger partial charge < -0.3 is 15.0 Å². The number of ether oxygens (including phenoxy) is 1. The molecule has 1 aliphatic heterocycles. The molecule has 1 rings (SSSR count). The molecule has 0 bridgehead atoms. The van der Waals surface area contributed by atoms with Gasteiger partial charge in [-0.1, -0.05) is 6.92 Å². The van der Waals surface area contributed by atoms with E-state index in [1.165, 1.54) is 0 Å². The van der Waals surface area contributed by atoms with E-state index in [0.29, 0.717) is 31.4 Å². The summed E-state index contributed by atoms with van der Waals surface area (Å²) < 4.78 is 31.8. The average Bonchev–Trinajstić information content (AvgIpc) is 2.57. The van der Waals surface area contributed by atoms with Crippen LogP contribution in [0.25, 0.3) is 0 Å². The Hall–Kier alpha value is 0.220. The summed E-state index contributed by atoms with van der Waals surface area (Å²) in [7, 11) is -3.25. The minimum absolute atomic E-state index is 0. The molecule has 1 heterocycles. The highest BCUT2D eigenvalue weighted by Crippen LogP contribution is 2.10. The highest BCUT2D eigenvalue weighted by Gasteiger charge is 2.28. The lowest BCUT2D eigenvalue weighted by Crippen LogP contribution is -2.54. The molecule has 1 saturated heterocycles. The average molecular weight is 523 g/mol. The second-order valence-electron chi connectivity index (χ2n) is 6.36. The van der Waals surface area contributed by atoms with Crippen molar-refractivity contribution in [3.05, 3.63) is 0 Å². The molecule has 0 aromatic rings. The summed E-state index contributed by atoms with van der Waals surface area (Å²) >= 11 is 1.79. The number of nitrogens with zero attached hydrogens (tertiary/aromatic N) is 3. The summed E-state index contributed by atoms with van der Waals surface area (Å²) in [4.78, 5) is 6.83. The van der Waals surface area contributed by atoms with Gasteiger partial charge in [0.1, 0.15) is 0 Å². The van der Waals surface area contributed by atoms with Gasteiger partial charge in [0.05, 0.1) is 25.0 Å². The maximum Gasteiger partial charge on any atom is 0.216 e. The Bertz CT molecular complexity index is 510. The summed E-state index contributed by atoms with van der Waals surface area (Å²) in [5.74, 6) is 0.925. The summed E-state index contributed by atoms with van der Waals surface area (Å²) in [6.45, 7) is 12.1. The summed E-state index contributed by atoms with van der Waals surface area (Å²) in [5.41, 5.74) is 0. The quantitative estimate of drug-likeness (QED) is 0.282. The van der Waals surface area contributed by atoms with Gasteiger partial charge in [-0.15, -0.1) is 24.0 Å². The van der Waals surface area contributed by atoms with Gasteiger partial charge in [0.2, 0.25) is 10.0 Å². The summed E-state index contributed by atoms with van der Waals surface area (Å²) in [6.07, 6.45) is 2.13. The normalized spacial score (nSPS) is 17.9. The molecule has 0 aliphatic carbocycles. The zero-order valence-electron chi connectivity index (χ0n) is 16.6.